The number of amides is 2. The van der Waals surface area contributed by atoms with Crippen molar-refractivity contribution in [2.75, 3.05) is 22.4 Å². The van der Waals surface area contributed by atoms with Gasteiger partial charge in [0.15, 0.2) is 0 Å². The largest absolute Gasteiger partial charge is 0.369 e. The van der Waals surface area contributed by atoms with Crippen molar-refractivity contribution in [1.29, 1.82) is 0 Å². The first-order valence-electron chi connectivity index (χ1n) is 7.98. The quantitative estimate of drug-likeness (QED) is 0.768. The molecule has 0 bridgehead atoms. The van der Waals surface area contributed by atoms with E-state index in [1.165, 1.54) is 11.4 Å². The number of benzene rings is 2. The monoisotopic (exact) mass is 375 g/mol. The summed E-state index contributed by atoms with van der Waals surface area (Å²) in [5, 5.41) is 2.74. The third kappa shape index (κ3) is 4.82. The maximum Gasteiger partial charge on any atom is 0.255 e. The van der Waals surface area contributed by atoms with E-state index in [2.05, 4.69) is 5.32 Å². The predicted octanol–water partition coefficient (Wildman–Crippen LogP) is 1.75. The number of rotatable bonds is 7. The highest BCUT2D eigenvalue weighted by molar-refractivity contribution is 7.92. The Balaban J connectivity index is 2.07. The lowest BCUT2D eigenvalue weighted by atomic mass is 10.1. The standard InChI is InChI=1S/C18H21N3O4S/c1-3-26(24,25)21(2)16-10-6-14(7-11-16)18(23)20-15-8-4-13(5-9-15)12-17(19)22/h4-11H,3,12H2,1-2H3,(H2,19,22)(H,20,23). The van der Waals surface area contributed by atoms with Crippen molar-refractivity contribution in [1.82, 2.24) is 0 Å². The van der Waals surface area contributed by atoms with Gasteiger partial charge in [-0.1, -0.05) is 12.1 Å². The number of carbonyl (C=O) groups is 2. The Morgan fingerprint density at radius 3 is 2.12 bits per heavy atom. The van der Waals surface area contributed by atoms with Gasteiger partial charge in [0.25, 0.3) is 5.91 Å². The topological polar surface area (TPSA) is 110 Å². The molecule has 0 heterocycles. The normalized spacial score (nSPS) is 11.0. The molecular formula is C18H21N3O4S. The Morgan fingerprint density at radius 1 is 1.04 bits per heavy atom. The summed E-state index contributed by atoms with van der Waals surface area (Å²) in [4.78, 5) is 23.2. The van der Waals surface area contributed by atoms with E-state index in [4.69, 9.17) is 5.73 Å². The molecular weight excluding hydrogens is 354 g/mol. The highest BCUT2D eigenvalue weighted by Gasteiger charge is 2.16. The first-order chi connectivity index (χ1) is 12.2. The third-order valence-electron chi connectivity index (χ3n) is 3.87. The molecule has 0 radical (unpaired) electrons. The summed E-state index contributed by atoms with van der Waals surface area (Å²) in [6, 6.07) is 13.1. The van der Waals surface area contributed by atoms with Crippen LogP contribution in [0.3, 0.4) is 0 Å². The molecule has 2 aromatic rings. The van der Waals surface area contributed by atoms with Crippen LogP contribution in [0.5, 0.6) is 0 Å². The van der Waals surface area contributed by atoms with Gasteiger partial charge >= 0.3 is 0 Å². The van der Waals surface area contributed by atoms with Gasteiger partial charge in [-0.2, -0.15) is 0 Å². The smallest absolute Gasteiger partial charge is 0.255 e. The lowest BCUT2D eigenvalue weighted by Gasteiger charge is -2.18. The van der Waals surface area contributed by atoms with Gasteiger partial charge < -0.3 is 11.1 Å². The molecule has 2 aromatic carbocycles. The van der Waals surface area contributed by atoms with Crippen molar-refractivity contribution < 1.29 is 18.0 Å². The molecule has 138 valence electrons. The molecule has 0 spiro atoms. The number of sulfonamides is 1. The lowest BCUT2D eigenvalue weighted by molar-refractivity contribution is -0.117. The van der Waals surface area contributed by atoms with Crippen LogP contribution in [0.15, 0.2) is 48.5 Å². The fourth-order valence-electron chi connectivity index (χ4n) is 2.29. The lowest BCUT2D eigenvalue weighted by Crippen LogP contribution is -2.28. The molecule has 0 aliphatic heterocycles. The number of primary amides is 1. The number of anilines is 2. The minimum Gasteiger partial charge on any atom is -0.369 e. The van der Waals surface area contributed by atoms with Gasteiger partial charge in [0.05, 0.1) is 17.9 Å². The second kappa shape index (κ2) is 8.01. The van der Waals surface area contributed by atoms with E-state index in [-0.39, 0.29) is 18.1 Å². The Labute approximate surface area is 152 Å². The third-order valence-corrected chi connectivity index (χ3v) is 5.64. The van der Waals surface area contributed by atoms with Gasteiger partial charge in [-0.15, -0.1) is 0 Å². The van der Waals surface area contributed by atoms with Crippen LogP contribution in [0, 0.1) is 0 Å². The number of carbonyl (C=O) groups excluding carboxylic acids is 2. The average Bonchev–Trinajstić information content (AvgIpc) is 2.62. The molecule has 26 heavy (non-hydrogen) atoms. The van der Waals surface area contributed by atoms with E-state index in [1.807, 2.05) is 0 Å². The highest BCUT2D eigenvalue weighted by atomic mass is 32.2. The van der Waals surface area contributed by atoms with Crippen molar-refractivity contribution >= 4 is 33.2 Å². The highest BCUT2D eigenvalue weighted by Crippen LogP contribution is 2.18. The first-order valence-corrected chi connectivity index (χ1v) is 9.59. The van der Waals surface area contributed by atoms with Crippen LogP contribution in [0.1, 0.15) is 22.8 Å². The van der Waals surface area contributed by atoms with Crippen LogP contribution in [0.25, 0.3) is 0 Å². The van der Waals surface area contributed by atoms with Crippen LogP contribution < -0.4 is 15.4 Å². The van der Waals surface area contributed by atoms with Gasteiger partial charge in [0.2, 0.25) is 15.9 Å². The summed E-state index contributed by atoms with van der Waals surface area (Å²) in [5.41, 5.74) is 7.37. The molecule has 2 amide bonds. The number of hydrogen-bond acceptors (Lipinski definition) is 4. The Hall–Kier alpha value is -2.87. The van der Waals surface area contributed by atoms with E-state index in [9.17, 15) is 18.0 Å². The van der Waals surface area contributed by atoms with Gasteiger partial charge in [-0.05, 0) is 48.9 Å². The predicted molar refractivity (Wildman–Crippen MR) is 102 cm³/mol. The zero-order valence-electron chi connectivity index (χ0n) is 14.6. The SMILES string of the molecule is CCS(=O)(=O)N(C)c1ccc(C(=O)Nc2ccc(CC(N)=O)cc2)cc1. The van der Waals surface area contributed by atoms with Crippen molar-refractivity contribution in [3.8, 4) is 0 Å². The number of nitrogens with zero attached hydrogens (tertiary/aromatic N) is 1. The van der Waals surface area contributed by atoms with E-state index in [1.54, 1.807) is 55.5 Å². The number of nitrogens with one attached hydrogen (secondary N) is 1. The van der Waals surface area contributed by atoms with E-state index >= 15 is 0 Å². The second-order valence-corrected chi connectivity index (χ2v) is 8.00. The molecule has 0 saturated carbocycles. The molecule has 0 aromatic heterocycles. The Morgan fingerprint density at radius 2 is 1.62 bits per heavy atom. The molecule has 0 fully saturated rings. The van der Waals surface area contributed by atoms with Crippen LogP contribution in [-0.2, 0) is 21.2 Å². The van der Waals surface area contributed by atoms with Crippen LogP contribution in [-0.4, -0.2) is 33.0 Å². The molecule has 3 N–H and O–H groups in total. The summed E-state index contributed by atoms with van der Waals surface area (Å²) >= 11 is 0. The zero-order valence-corrected chi connectivity index (χ0v) is 15.4. The maximum absolute atomic E-state index is 12.3. The number of hydrogen-bond donors (Lipinski definition) is 2. The summed E-state index contributed by atoms with van der Waals surface area (Å²) in [7, 11) is -1.87. The molecule has 0 aliphatic carbocycles. The first kappa shape index (κ1) is 19.5. The molecule has 0 unspecified atom stereocenters. The fourth-order valence-corrected chi connectivity index (χ4v) is 3.12. The van der Waals surface area contributed by atoms with E-state index < -0.39 is 15.9 Å². The minimum absolute atomic E-state index is 0.00249. The average molecular weight is 375 g/mol. The van der Waals surface area contributed by atoms with Gasteiger partial charge in [0.1, 0.15) is 0 Å². The van der Waals surface area contributed by atoms with Crippen molar-refractivity contribution in [3.63, 3.8) is 0 Å². The fraction of sp³-hybridized carbons (Fsp3) is 0.222. The summed E-state index contributed by atoms with van der Waals surface area (Å²) < 4.78 is 24.9. The minimum atomic E-state index is -3.35. The van der Waals surface area contributed by atoms with Crippen molar-refractivity contribution in [2.45, 2.75) is 13.3 Å². The van der Waals surface area contributed by atoms with Gasteiger partial charge in [-0.3, -0.25) is 13.9 Å². The second-order valence-electron chi connectivity index (χ2n) is 5.71. The van der Waals surface area contributed by atoms with Crippen molar-refractivity contribution in [2.24, 2.45) is 5.73 Å². The Kier molecular flexibility index (Phi) is 5.99. The summed E-state index contributed by atoms with van der Waals surface area (Å²) in [6.45, 7) is 1.57. The maximum atomic E-state index is 12.3. The summed E-state index contributed by atoms with van der Waals surface area (Å²) in [6.07, 6.45) is 0.143. The van der Waals surface area contributed by atoms with Gasteiger partial charge in [0, 0.05) is 18.3 Å². The summed E-state index contributed by atoms with van der Waals surface area (Å²) in [5.74, 6) is -0.741. The van der Waals surface area contributed by atoms with E-state index in [0.717, 1.165) is 5.56 Å². The zero-order chi connectivity index (χ0) is 19.3. The van der Waals surface area contributed by atoms with Crippen LogP contribution >= 0.6 is 0 Å². The molecule has 0 saturated heterocycles. The van der Waals surface area contributed by atoms with Gasteiger partial charge in [-0.25, -0.2) is 8.42 Å². The van der Waals surface area contributed by atoms with Crippen LogP contribution in [0.4, 0.5) is 11.4 Å². The molecule has 8 heteroatoms. The van der Waals surface area contributed by atoms with Crippen molar-refractivity contribution in [3.05, 3.63) is 59.7 Å². The molecule has 7 nitrogen and oxygen atoms in total. The molecule has 0 atom stereocenters. The molecule has 2 rings (SSSR count). The van der Waals surface area contributed by atoms with E-state index in [0.29, 0.717) is 16.9 Å². The van der Waals surface area contributed by atoms with Crippen LogP contribution in [0.2, 0.25) is 0 Å². The molecule has 0 aliphatic rings. The number of nitrogens with two attached hydrogens (primary N) is 1. The Bertz CT molecular complexity index is 891.